The highest BCUT2D eigenvalue weighted by molar-refractivity contribution is 5.74. The number of β-amino-alcohol motifs (C(OH)–C–C–N with tert-alkyl or cyclic N) is 1. The van der Waals surface area contributed by atoms with Gasteiger partial charge >= 0.3 is 0 Å². The molecule has 148 valence electrons. The Bertz CT molecular complexity index is 868. The van der Waals surface area contributed by atoms with Gasteiger partial charge in [0.05, 0.1) is 13.2 Å². The number of benzene rings is 2. The quantitative estimate of drug-likeness (QED) is 0.705. The maximum absolute atomic E-state index is 10.6. The van der Waals surface area contributed by atoms with Gasteiger partial charge in [-0.3, -0.25) is 0 Å². The Balaban J connectivity index is 1.32. The van der Waals surface area contributed by atoms with Gasteiger partial charge in [0.15, 0.2) is 5.58 Å². The van der Waals surface area contributed by atoms with Crippen LogP contribution in [0.25, 0.3) is 11.1 Å². The Kier molecular flexibility index (Phi) is 5.50. The molecule has 2 aromatic carbocycles. The molecule has 28 heavy (non-hydrogen) atoms. The molecular formula is C22H27N3O3. The molecule has 1 unspecified atom stereocenters. The number of ether oxygens (including phenoxy) is 1. The number of fused-ring (bicyclic) bond motifs is 1. The Morgan fingerprint density at radius 3 is 2.57 bits per heavy atom. The molecule has 0 saturated carbocycles. The predicted octanol–water partition coefficient (Wildman–Crippen LogP) is 3.47. The second kappa shape index (κ2) is 8.20. The molecule has 4 rings (SSSR count). The lowest BCUT2D eigenvalue weighted by Crippen LogP contribution is -2.44. The summed E-state index contributed by atoms with van der Waals surface area (Å²) in [6, 6.07) is 16.6. The molecule has 0 spiro atoms. The van der Waals surface area contributed by atoms with Crippen molar-refractivity contribution >= 4 is 17.1 Å². The number of oxazole rings is 1. The van der Waals surface area contributed by atoms with E-state index < -0.39 is 6.10 Å². The summed E-state index contributed by atoms with van der Waals surface area (Å²) in [7, 11) is 3.70. The number of aromatic nitrogens is 1. The first kappa shape index (κ1) is 18.8. The fourth-order valence-corrected chi connectivity index (χ4v) is 3.83. The Morgan fingerprint density at radius 1 is 1.18 bits per heavy atom. The van der Waals surface area contributed by atoms with Crippen LogP contribution >= 0.6 is 0 Å². The lowest BCUT2D eigenvalue weighted by atomic mass is 10.0. The van der Waals surface area contributed by atoms with Gasteiger partial charge in [-0.1, -0.05) is 24.3 Å². The zero-order valence-electron chi connectivity index (χ0n) is 16.4. The summed E-state index contributed by atoms with van der Waals surface area (Å²) in [5.74, 6) is 0.805. The van der Waals surface area contributed by atoms with Gasteiger partial charge in [-0.15, -0.1) is 0 Å². The predicted molar refractivity (Wildman–Crippen MR) is 110 cm³/mol. The third kappa shape index (κ3) is 3.98. The molecule has 6 heteroatoms. The van der Waals surface area contributed by atoms with Gasteiger partial charge < -0.3 is 24.1 Å². The van der Waals surface area contributed by atoms with Gasteiger partial charge in [0.25, 0.3) is 6.01 Å². The summed E-state index contributed by atoms with van der Waals surface area (Å²) in [6.07, 6.45) is 1.55. The van der Waals surface area contributed by atoms with Crippen LogP contribution in [-0.4, -0.2) is 54.8 Å². The summed E-state index contributed by atoms with van der Waals surface area (Å²) in [4.78, 5) is 9.08. The molecule has 2 heterocycles. The van der Waals surface area contributed by atoms with Crippen molar-refractivity contribution in [3.8, 4) is 5.75 Å². The highest BCUT2D eigenvalue weighted by Gasteiger charge is 2.26. The van der Waals surface area contributed by atoms with E-state index in [1.54, 1.807) is 7.11 Å². The third-order valence-electron chi connectivity index (χ3n) is 5.62. The fourth-order valence-electron chi connectivity index (χ4n) is 3.83. The molecule has 0 aliphatic carbocycles. The molecule has 0 bridgehead atoms. The van der Waals surface area contributed by atoms with E-state index in [1.165, 1.54) is 0 Å². The number of hydrogen-bond acceptors (Lipinski definition) is 6. The first-order valence-electron chi connectivity index (χ1n) is 9.77. The molecule has 0 radical (unpaired) electrons. The first-order chi connectivity index (χ1) is 13.6. The van der Waals surface area contributed by atoms with Crippen molar-refractivity contribution in [2.45, 2.75) is 25.0 Å². The minimum Gasteiger partial charge on any atom is -0.497 e. The number of likely N-dealkylation sites (tertiary alicyclic amines) is 1. The van der Waals surface area contributed by atoms with Crippen molar-refractivity contribution in [1.82, 2.24) is 9.88 Å². The number of methoxy groups -OCH3 is 1. The number of nitrogens with zero attached hydrogens (tertiary/aromatic N) is 3. The average Bonchev–Trinajstić information content (AvgIpc) is 3.18. The van der Waals surface area contributed by atoms with Crippen LogP contribution in [-0.2, 0) is 0 Å². The van der Waals surface area contributed by atoms with E-state index in [1.807, 2.05) is 48.5 Å². The van der Waals surface area contributed by atoms with Crippen LogP contribution in [0.4, 0.5) is 6.01 Å². The lowest BCUT2D eigenvalue weighted by Gasteiger charge is -2.36. The summed E-state index contributed by atoms with van der Waals surface area (Å²) < 4.78 is 11.1. The minimum absolute atomic E-state index is 0.391. The lowest BCUT2D eigenvalue weighted by molar-refractivity contribution is 0.0969. The van der Waals surface area contributed by atoms with E-state index in [-0.39, 0.29) is 0 Å². The van der Waals surface area contributed by atoms with Crippen LogP contribution in [0.2, 0.25) is 0 Å². The van der Waals surface area contributed by atoms with Gasteiger partial charge in [-0.25, -0.2) is 0 Å². The largest absolute Gasteiger partial charge is 0.497 e. The molecule has 1 fully saturated rings. The monoisotopic (exact) mass is 381 g/mol. The molecule has 1 saturated heterocycles. The zero-order valence-corrected chi connectivity index (χ0v) is 16.4. The number of anilines is 1. The van der Waals surface area contributed by atoms with Crippen molar-refractivity contribution in [3.05, 3.63) is 54.1 Å². The number of aliphatic hydroxyl groups is 1. The summed E-state index contributed by atoms with van der Waals surface area (Å²) in [5.41, 5.74) is 2.64. The molecular weight excluding hydrogens is 354 g/mol. The van der Waals surface area contributed by atoms with Crippen molar-refractivity contribution in [1.29, 1.82) is 0 Å². The summed E-state index contributed by atoms with van der Waals surface area (Å²) >= 11 is 0. The number of aliphatic hydroxyl groups excluding tert-OH is 1. The summed E-state index contributed by atoms with van der Waals surface area (Å²) in [5, 5.41) is 10.6. The van der Waals surface area contributed by atoms with Gasteiger partial charge in [0.1, 0.15) is 11.3 Å². The van der Waals surface area contributed by atoms with Crippen LogP contribution in [0.5, 0.6) is 5.75 Å². The fraction of sp³-hybridized carbons (Fsp3) is 0.409. The maximum atomic E-state index is 10.6. The van der Waals surface area contributed by atoms with Crippen molar-refractivity contribution in [2.75, 3.05) is 38.7 Å². The molecule has 6 nitrogen and oxygen atoms in total. The Morgan fingerprint density at radius 2 is 1.89 bits per heavy atom. The number of para-hydroxylation sites is 2. The molecule has 3 aromatic rings. The van der Waals surface area contributed by atoms with Gasteiger partial charge in [0, 0.05) is 32.7 Å². The molecule has 1 N–H and O–H groups in total. The van der Waals surface area contributed by atoms with E-state index in [0.29, 0.717) is 18.6 Å². The molecule has 1 aliphatic rings. The summed E-state index contributed by atoms with van der Waals surface area (Å²) in [6.45, 7) is 2.54. The second-order valence-corrected chi connectivity index (χ2v) is 7.40. The standard InChI is InChI=1S/C22H27N3O3/c1-24(22-23-19-5-3-4-6-21(19)28-22)17-11-13-25(14-12-17)15-20(26)16-7-9-18(27-2)10-8-16/h3-10,17,20,26H,11-15H2,1-2H3. The van der Waals surface area contributed by atoms with Crippen molar-refractivity contribution < 1.29 is 14.3 Å². The second-order valence-electron chi connectivity index (χ2n) is 7.40. The van der Waals surface area contributed by atoms with Crippen LogP contribution < -0.4 is 9.64 Å². The molecule has 0 amide bonds. The topological polar surface area (TPSA) is 62.0 Å². The van der Waals surface area contributed by atoms with Gasteiger partial charge in [-0.05, 0) is 42.7 Å². The van der Waals surface area contributed by atoms with Crippen LogP contribution in [0, 0.1) is 0 Å². The van der Waals surface area contributed by atoms with Crippen LogP contribution in [0.3, 0.4) is 0 Å². The molecule has 1 aliphatic heterocycles. The first-order valence-corrected chi connectivity index (χ1v) is 9.77. The van der Waals surface area contributed by atoms with Crippen molar-refractivity contribution in [2.24, 2.45) is 0 Å². The number of hydrogen-bond donors (Lipinski definition) is 1. The molecule has 1 atom stereocenters. The van der Waals surface area contributed by atoms with Gasteiger partial charge in [-0.2, -0.15) is 4.98 Å². The van der Waals surface area contributed by atoms with Crippen LogP contribution in [0.15, 0.2) is 52.9 Å². The van der Waals surface area contributed by atoms with E-state index in [9.17, 15) is 5.11 Å². The Labute approximate surface area is 165 Å². The third-order valence-corrected chi connectivity index (χ3v) is 5.62. The smallest absolute Gasteiger partial charge is 0.298 e. The van der Waals surface area contributed by atoms with Crippen LogP contribution in [0.1, 0.15) is 24.5 Å². The van der Waals surface area contributed by atoms with E-state index >= 15 is 0 Å². The molecule has 1 aromatic heterocycles. The van der Waals surface area contributed by atoms with E-state index in [2.05, 4.69) is 21.8 Å². The van der Waals surface area contributed by atoms with E-state index in [4.69, 9.17) is 9.15 Å². The number of rotatable bonds is 6. The number of piperidine rings is 1. The van der Waals surface area contributed by atoms with Crippen molar-refractivity contribution in [3.63, 3.8) is 0 Å². The zero-order chi connectivity index (χ0) is 19.5. The van der Waals surface area contributed by atoms with Gasteiger partial charge in [0.2, 0.25) is 0 Å². The Hall–Kier alpha value is -2.57. The van der Waals surface area contributed by atoms with E-state index in [0.717, 1.165) is 48.3 Å². The minimum atomic E-state index is -0.489. The maximum Gasteiger partial charge on any atom is 0.298 e. The normalized spacial score (nSPS) is 17.0. The average molecular weight is 381 g/mol. The highest BCUT2D eigenvalue weighted by Crippen LogP contribution is 2.26. The highest BCUT2D eigenvalue weighted by atomic mass is 16.5. The SMILES string of the molecule is COc1ccc(C(O)CN2CCC(N(C)c3nc4ccccc4o3)CC2)cc1.